The monoisotopic (exact) mass is 552 g/mol. The van der Waals surface area contributed by atoms with Gasteiger partial charge in [0.25, 0.3) is 17.6 Å². The highest BCUT2D eigenvalue weighted by Gasteiger charge is 2.34. The summed E-state index contributed by atoms with van der Waals surface area (Å²) >= 11 is 0. The Hall–Kier alpha value is -4.43. The molecule has 1 unspecified atom stereocenters. The van der Waals surface area contributed by atoms with E-state index >= 15 is 0 Å². The van der Waals surface area contributed by atoms with Crippen LogP contribution in [0.3, 0.4) is 0 Å². The minimum absolute atomic E-state index is 0.00505. The number of rotatable bonds is 7. The number of aromatic nitrogens is 1. The van der Waals surface area contributed by atoms with Crippen molar-refractivity contribution in [3.8, 4) is 0 Å². The van der Waals surface area contributed by atoms with E-state index in [1.54, 1.807) is 48.7 Å². The van der Waals surface area contributed by atoms with Crippen LogP contribution >= 0.6 is 0 Å². The predicted octanol–water partition coefficient (Wildman–Crippen LogP) is 5.74. The fourth-order valence-electron chi connectivity index (χ4n) is 5.42. The van der Waals surface area contributed by atoms with Crippen LogP contribution < -0.4 is 5.32 Å². The Morgan fingerprint density at radius 1 is 0.902 bits per heavy atom. The topological polar surface area (TPSA) is 82.6 Å². The van der Waals surface area contributed by atoms with E-state index in [1.165, 1.54) is 12.1 Å². The van der Waals surface area contributed by atoms with Crippen LogP contribution in [0.4, 0.5) is 10.1 Å². The number of amides is 2. The third-order valence-electron chi connectivity index (χ3n) is 7.85. The first kappa shape index (κ1) is 28.1. The Balaban J connectivity index is 1.25. The minimum Gasteiger partial charge on any atom is -0.333 e. The van der Waals surface area contributed by atoms with Crippen molar-refractivity contribution in [1.29, 1.82) is 0 Å². The largest absolute Gasteiger partial charge is 0.333 e. The standard InChI is InChI=1S/C33H33FN4O3/c1-21(2)29-20-37(22(3)23-9-13-26(34)14-10-23)18-19-38(29)33(41)25-11-15-27(16-12-25)36-32(40)31(39)28-8-4-6-24-7-5-17-35-30(24)28/h4-17,21-22,29H,18-20H2,1-3H3,(H,36,40)/t22?,29-/m1/s1. The number of piperazine rings is 1. The summed E-state index contributed by atoms with van der Waals surface area (Å²) in [5.41, 5.74) is 2.69. The number of Topliss-reactive ketones (excluding diaryl/α,β-unsaturated/α-hetero) is 1. The maximum Gasteiger partial charge on any atom is 0.296 e. The van der Waals surface area contributed by atoms with Gasteiger partial charge in [-0.1, -0.05) is 44.2 Å². The summed E-state index contributed by atoms with van der Waals surface area (Å²) < 4.78 is 13.4. The molecule has 0 aliphatic carbocycles. The van der Waals surface area contributed by atoms with Crippen molar-refractivity contribution in [2.45, 2.75) is 32.9 Å². The normalized spacial score (nSPS) is 16.5. The molecule has 1 fully saturated rings. The SMILES string of the molecule is CC(C)[C@H]1CN(C(C)c2ccc(F)cc2)CCN1C(=O)c1ccc(NC(=O)C(=O)c2cccc3cccnc23)cc1. The summed E-state index contributed by atoms with van der Waals surface area (Å²) in [5.74, 6) is -1.55. The smallest absolute Gasteiger partial charge is 0.296 e. The van der Waals surface area contributed by atoms with Crippen molar-refractivity contribution in [3.05, 3.63) is 108 Å². The molecule has 0 radical (unpaired) electrons. The molecule has 1 aliphatic heterocycles. The van der Waals surface area contributed by atoms with Gasteiger partial charge in [-0.2, -0.15) is 0 Å². The van der Waals surface area contributed by atoms with Gasteiger partial charge in [-0.3, -0.25) is 24.3 Å². The van der Waals surface area contributed by atoms with Crippen LogP contribution in [0.15, 0.2) is 85.1 Å². The van der Waals surface area contributed by atoms with Gasteiger partial charge in [0.1, 0.15) is 5.82 Å². The van der Waals surface area contributed by atoms with E-state index in [1.807, 2.05) is 29.2 Å². The number of pyridine rings is 1. The lowest BCUT2D eigenvalue weighted by molar-refractivity contribution is -0.112. The molecule has 1 aromatic heterocycles. The Morgan fingerprint density at radius 3 is 2.32 bits per heavy atom. The number of benzene rings is 3. The molecular formula is C33H33FN4O3. The van der Waals surface area contributed by atoms with Gasteiger partial charge < -0.3 is 10.2 Å². The molecule has 2 heterocycles. The molecule has 1 saturated heterocycles. The van der Waals surface area contributed by atoms with Crippen molar-refractivity contribution >= 4 is 34.2 Å². The van der Waals surface area contributed by atoms with E-state index in [4.69, 9.17) is 0 Å². The molecule has 0 saturated carbocycles. The zero-order valence-electron chi connectivity index (χ0n) is 23.4. The van der Waals surface area contributed by atoms with Crippen molar-refractivity contribution < 1.29 is 18.8 Å². The van der Waals surface area contributed by atoms with Gasteiger partial charge in [-0.05, 0) is 66.9 Å². The van der Waals surface area contributed by atoms with Crippen LogP contribution in [0.5, 0.6) is 0 Å². The third kappa shape index (κ3) is 6.02. The van der Waals surface area contributed by atoms with Crippen LogP contribution in [0.1, 0.15) is 53.1 Å². The number of hydrogen-bond donors (Lipinski definition) is 1. The summed E-state index contributed by atoms with van der Waals surface area (Å²) in [6, 6.07) is 22.1. The Labute approximate surface area is 239 Å². The molecule has 8 heteroatoms. The number of hydrogen-bond acceptors (Lipinski definition) is 5. The van der Waals surface area contributed by atoms with E-state index < -0.39 is 11.7 Å². The lowest BCUT2D eigenvalue weighted by atomic mass is 9.96. The summed E-state index contributed by atoms with van der Waals surface area (Å²) in [5, 5.41) is 3.42. The lowest BCUT2D eigenvalue weighted by Gasteiger charge is -2.45. The quantitative estimate of drug-likeness (QED) is 0.234. The molecule has 1 aliphatic rings. The number of halogens is 1. The van der Waals surface area contributed by atoms with Crippen molar-refractivity contribution in [2.24, 2.45) is 5.92 Å². The summed E-state index contributed by atoms with van der Waals surface area (Å²) in [6.07, 6.45) is 1.59. The highest BCUT2D eigenvalue weighted by atomic mass is 19.1. The highest BCUT2D eigenvalue weighted by molar-refractivity contribution is 6.48. The first-order valence-corrected chi connectivity index (χ1v) is 13.8. The van der Waals surface area contributed by atoms with Crippen LogP contribution in [0, 0.1) is 11.7 Å². The van der Waals surface area contributed by atoms with Crippen molar-refractivity contribution in [1.82, 2.24) is 14.8 Å². The maximum atomic E-state index is 13.6. The van der Waals surface area contributed by atoms with Crippen LogP contribution in [0.2, 0.25) is 0 Å². The molecular weight excluding hydrogens is 519 g/mol. The second-order valence-electron chi connectivity index (χ2n) is 10.8. The first-order chi connectivity index (χ1) is 19.7. The van der Waals surface area contributed by atoms with E-state index in [-0.39, 0.29) is 35.3 Å². The zero-order chi connectivity index (χ0) is 29.1. The van der Waals surface area contributed by atoms with Gasteiger partial charge in [0.05, 0.1) is 11.1 Å². The van der Waals surface area contributed by atoms with Crippen molar-refractivity contribution in [3.63, 3.8) is 0 Å². The van der Waals surface area contributed by atoms with Gasteiger partial charge in [0.2, 0.25) is 0 Å². The summed E-state index contributed by atoms with van der Waals surface area (Å²) in [6.45, 7) is 8.31. The molecule has 5 rings (SSSR count). The summed E-state index contributed by atoms with van der Waals surface area (Å²) in [7, 11) is 0. The van der Waals surface area contributed by atoms with Gasteiger partial charge in [-0.15, -0.1) is 0 Å². The average Bonchev–Trinajstić information content (AvgIpc) is 3.00. The number of carbonyl (C=O) groups excluding carboxylic acids is 3. The zero-order valence-corrected chi connectivity index (χ0v) is 23.4. The van der Waals surface area contributed by atoms with Gasteiger partial charge in [-0.25, -0.2) is 4.39 Å². The fraction of sp³-hybridized carbons (Fsp3) is 0.273. The molecule has 0 spiro atoms. The van der Waals surface area contributed by atoms with Crippen LogP contribution in [-0.4, -0.2) is 58.1 Å². The molecule has 3 aromatic carbocycles. The van der Waals surface area contributed by atoms with Gasteiger partial charge in [0.15, 0.2) is 0 Å². The van der Waals surface area contributed by atoms with Gasteiger partial charge >= 0.3 is 0 Å². The average molecular weight is 553 g/mol. The Bertz CT molecular complexity index is 1560. The Kier molecular flexibility index (Phi) is 8.21. The maximum absolute atomic E-state index is 13.6. The van der Waals surface area contributed by atoms with E-state index in [0.29, 0.717) is 36.4 Å². The summed E-state index contributed by atoms with van der Waals surface area (Å²) in [4.78, 5) is 47.7. The fourth-order valence-corrected chi connectivity index (χ4v) is 5.42. The molecule has 2 atom stereocenters. The van der Waals surface area contributed by atoms with Crippen LogP contribution in [-0.2, 0) is 4.79 Å². The second kappa shape index (κ2) is 12.0. The van der Waals surface area contributed by atoms with E-state index in [2.05, 4.69) is 36.0 Å². The number of anilines is 1. The first-order valence-electron chi connectivity index (χ1n) is 13.8. The number of ketones is 1. The molecule has 0 bridgehead atoms. The van der Waals surface area contributed by atoms with E-state index in [0.717, 1.165) is 10.9 Å². The molecule has 7 nitrogen and oxygen atoms in total. The third-order valence-corrected chi connectivity index (χ3v) is 7.85. The molecule has 1 N–H and O–H groups in total. The second-order valence-corrected chi connectivity index (χ2v) is 10.8. The molecule has 41 heavy (non-hydrogen) atoms. The number of para-hydroxylation sites is 1. The number of carbonyl (C=O) groups is 3. The molecule has 4 aromatic rings. The number of nitrogens with zero attached hydrogens (tertiary/aromatic N) is 3. The number of fused-ring (bicyclic) bond motifs is 1. The van der Waals surface area contributed by atoms with Gasteiger partial charge in [0, 0.05) is 54.6 Å². The van der Waals surface area contributed by atoms with Crippen LogP contribution in [0.25, 0.3) is 10.9 Å². The Morgan fingerprint density at radius 2 is 1.61 bits per heavy atom. The van der Waals surface area contributed by atoms with Crippen molar-refractivity contribution in [2.75, 3.05) is 25.0 Å². The number of nitrogens with one attached hydrogen (secondary N) is 1. The molecule has 210 valence electrons. The predicted molar refractivity (Wildman–Crippen MR) is 157 cm³/mol. The minimum atomic E-state index is -0.770. The highest BCUT2D eigenvalue weighted by Crippen LogP contribution is 2.28. The lowest BCUT2D eigenvalue weighted by Crippen LogP contribution is -2.57. The van der Waals surface area contributed by atoms with E-state index in [9.17, 15) is 18.8 Å². The molecule has 2 amide bonds.